The van der Waals surface area contributed by atoms with Crippen LogP contribution >= 0.6 is 15.9 Å². The maximum absolute atomic E-state index is 11.5. The average Bonchev–Trinajstić information content (AvgIpc) is 2.19. The molecular weight excluding hydrogens is 258 g/mol. The molecule has 0 aromatic heterocycles. The maximum atomic E-state index is 11.5. The Morgan fingerprint density at radius 1 is 1.47 bits per heavy atom. The van der Waals surface area contributed by atoms with Gasteiger partial charge >= 0.3 is 0 Å². The summed E-state index contributed by atoms with van der Waals surface area (Å²) in [5, 5.41) is 3.18. The van der Waals surface area contributed by atoms with Crippen molar-refractivity contribution >= 4 is 27.5 Å². The molecule has 1 rings (SSSR count). The van der Waals surface area contributed by atoms with Gasteiger partial charge in [-0.3, -0.25) is 10.2 Å². The second kappa shape index (κ2) is 5.14. The van der Waals surface area contributed by atoms with Gasteiger partial charge in [0.25, 0.3) is 5.91 Å². The molecule has 4 N–H and O–H groups in total. The molecule has 1 aromatic rings. The first-order valence-corrected chi connectivity index (χ1v) is 5.41. The van der Waals surface area contributed by atoms with E-state index in [1.165, 1.54) is 0 Å². The van der Waals surface area contributed by atoms with Crippen molar-refractivity contribution < 1.29 is 4.79 Å². The lowest BCUT2D eigenvalue weighted by molar-refractivity contribution is 0.0954. The predicted octanol–water partition coefficient (Wildman–Crippen LogP) is 1.87. The third kappa shape index (κ3) is 3.21. The molecule has 1 amide bonds. The Morgan fingerprint density at radius 2 is 2.13 bits per heavy atom. The maximum Gasteiger partial charge on any atom is 0.267 e. The topological polar surface area (TPSA) is 67.2 Å². The molecule has 0 radical (unpaired) electrons. The number of hydrazine groups is 1. The molecule has 1 aromatic carbocycles. The van der Waals surface area contributed by atoms with E-state index in [1.54, 1.807) is 6.07 Å². The van der Waals surface area contributed by atoms with Crippen LogP contribution in [0.3, 0.4) is 0 Å². The fourth-order valence-corrected chi connectivity index (χ4v) is 1.58. The molecule has 0 heterocycles. The average molecular weight is 272 g/mol. The van der Waals surface area contributed by atoms with Crippen LogP contribution in [0.1, 0.15) is 24.2 Å². The van der Waals surface area contributed by atoms with Crippen molar-refractivity contribution in [3.63, 3.8) is 0 Å². The largest absolute Gasteiger partial charge is 0.382 e. The third-order valence-electron chi connectivity index (χ3n) is 1.80. The molecule has 0 saturated heterocycles. The highest BCUT2D eigenvalue weighted by molar-refractivity contribution is 9.10. The number of nitrogens with two attached hydrogens (primary N) is 1. The van der Waals surface area contributed by atoms with E-state index in [2.05, 4.69) is 26.7 Å². The highest BCUT2D eigenvalue weighted by Gasteiger charge is 2.11. The van der Waals surface area contributed by atoms with Crippen LogP contribution in [-0.4, -0.2) is 11.9 Å². The van der Waals surface area contributed by atoms with Crippen molar-refractivity contribution in [2.75, 3.05) is 5.32 Å². The minimum atomic E-state index is -0.306. The Balaban J connectivity index is 3.08. The number of carbonyl (C=O) groups excluding carboxylic acids is 1. The summed E-state index contributed by atoms with van der Waals surface area (Å²) in [4.78, 5) is 11.5. The lowest BCUT2D eigenvalue weighted by Crippen LogP contribution is -2.31. The zero-order valence-electron chi connectivity index (χ0n) is 8.67. The number of halogens is 1. The first-order chi connectivity index (χ1) is 7.04. The molecule has 0 bridgehead atoms. The van der Waals surface area contributed by atoms with Crippen molar-refractivity contribution in [1.82, 2.24) is 5.43 Å². The van der Waals surface area contributed by atoms with E-state index in [-0.39, 0.29) is 11.9 Å². The van der Waals surface area contributed by atoms with Crippen LogP contribution in [0, 0.1) is 0 Å². The highest BCUT2D eigenvalue weighted by atomic mass is 79.9. The van der Waals surface area contributed by atoms with Crippen LogP contribution in [0.25, 0.3) is 0 Å². The van der Waals surface area contributed by atoms with Gasteiger partial charge in [-0.2, -0.15) is 0 Å². The van der Waals surface area contributed by atoms with Crippen LogP contribution in [-0.2, 0) is 0 Å². The van der Waals surface area contributed by atoms with Gasteiger partial charge in [-0.15, -0.1) is 0 Å². The lowest BCUT2D eigenvalue weighted by atomic mass is 10.1. The number of amides is 1. The Morgan fingerprint density at radius 3 is 2.67 bits per heavy atom. The first-order valence-electron chi connectivity index (χ1n) is 4.61. The number of anilines is 1. The minimum absolute atomic E-state index is 0.260. The molecular formula is C10H14BrN3O. The van der Waals surface area contributed by atoms with E-state index in [9.17, 15) is 4.79 Å². The van der Waals surface area contributed by atoms with Crippen molar-refractivity contribution in [3.05, 3.63) is 28.2 Å². The van der Waals surface area contributed by atoms with Crippen LogP contribution in [0.2, 0.25) is 0 Å². The monoisotopic (exact) mass is 271 g/mol. The molecule has 15 heavy (non-hydrogen) atoms. The molecule has 0 spiro atoms. The van der Waals surface area contributed by atoms with Gasteiger partial charge in [0.05, 0.1) is 5.56 Å². The standard InChI is InChI=1S/C10H14BrN3O/c1-6(2)13-9-4-3-7(11)5-8(9)10(15)14-12/h3-6,13H,12H2,1-2H3,(H,14,15). The Hall–Kier alpha value is -1.07. The molecule has 0 fully saturated rings. The molecule has 0 aliphatic rings. The van der Waals surface area contributed by atoms with Gasteiger partial charge < -0.3 is 5.32 Å². The van der Waals surface area contributed by atoms with Gasteiger partial charge in [-0.25, -0.2) is 5.84 Å². The zero-order chi connectivity index (χ0) is 11.4. The summed E-state index contributed by atoms with van der Waals surface area (Å²) in [6.07, 6.45) is 0. The fourth-order valence-electron chi connectivity index (χ4n) is 1.22. The Labute approximate surface area is 97.3 Å². The van der Waals surface area contributed by atoms with E-state index in [1.807, 2.05) is 26.0 Å². The van der Waals surface area contributed by atoms with Gasteiger partial charge in [0, 0.05) is 16.2 Å². The zero-order valence-corrected chi connectivity index (χ0v) is 10.3. The quantitative estimate of drug-likeness (QED) is 0.447. The van der Waals surface area contributed by atoms with Crippen molar-refractivity contribution in [3.8, 4) is 0 Å². The van der Waals surface area contributed by atoms with Crippen molar-refractivity contribution in [2.45, 2.75) is 19.9 Å². The van der Waals surface area contributed by atoms with Crippen LogP contribution in [0.5, 0.6) is 0 Å². The number of carbonyl (C=O) groups is 1. The second-order valence-electron chi connectivity index (χ2n) is 3.46. The first kappa shape index (κ1) is 12.0. The number of rotatable bonds is 3. The summed E-state index contributed by atoms with van der Waals surface area (Å²) in [6.45, 7) is 4.01. The third-order valence-corrected chi connectivity index (χ3v) is 2.29. The molecule has 0 aliphatic carbocycles. The van der Waals surface area contributed by atoms with Crippen molar-refractivity contribution in [2.24, 2.45) is 5.84 Å². The highest BCUT2D eigenvalue weighted by Crippen LogP contribution is 2.21. The van der Waals surface area contributed by atoms with Gasteiger partial charge in [0.2, 0.25) is 0 Å². The summed E-state index contributed by atoms with van der Waals surface area (Å²) in [6, 6.07) is 5.70. The van der Waals surface area contributed by atoms with Gasteiger partial charge in [0.1, 0.15) is 0 Å². The summed E-state index contributed by atoms with van der Waals surface area (Å²) in [7, 11) is 0. The number of nitrogen functional groups attached to an aromatic ring is 1. The SMILES string of the molecule is CC(C)Nc1ccc(Br)cc1C(=O)NN. The molecule has 0 saturated carbocycles. The molecule has 82 valence electrons. The van der Waals surface area contributed by atoms with E-state index >= 15 is 0 Å². The number of hydrogen-bond donors (Lipinski definition) is 3. The Kier molecular flexibility index (Phi) is 4.11. The summed E-state index contributed by atoms with van der Waals surface area (Å²) in [5.41, 5.74) is 3.42. The molecule has 0 aliphatic heterocycles. The van der Waals surface area contributed by atoms with E-state index < -0.39 is 0 Å². The van der Waals surface area contributed by atoms with Crippen LogP contribution in [0.4, 0.5) is 5.69 Å². The fraction of sp³-hybridized carbons (Fsp3) is 0.300. The van der Waals surface area contributed by atoms with E-state index in [4.69, 9.17) is 5.84 Å². The van der Waals surface area contributed by atoms with Gasteiger partial charge in [0.15, 0.2) is 0 Å². The van der Waals surface area contributed by atoms with Gasteiger partial charge in [-0.1, -0.05) is 15.9 Å². The van der Waals surface area contributed by atoms with Gasteiger partial charge in [-0.05, 0) is 32.0 Å². The van der Waals surface area contributed by atoms with E-state index in [0.717, 1.165) is 10.2 Å². The minimum Gasteiger partial charge on any atom is -0.382 e. The van der Waals surface area contributed by atoms with E-state index in [0.29, 0.717) is 5.56 Å². The molecule has 0 atom stereocenters. The summed E-state index contributed by atoms with van der Waals surface area (Å²) >= 11 is 3.31. The van der Waals surface area contributed by atoms with Crippen LogP contribution < -0.4 is 16.6 Å². The number of benzene rings is 1. The smallest absolute Gasteiger partial charge is 0.267 e. The normalized spacial score (nSPS) is 10.2. The summed E-state index contributed by atoms with van der Waals surface area (Å²) < 4.78 is 0.843. The summed E-state index contributed by atoms with van der Waals surface area (Å²) in [5.74, 6) is 4.81. The molecule has 4 nitrogen and oxygen atoms in total. The van der Waals surface area contributed by atoms with Crippen LogP contribution in [0.15, 0.2) is 22.7 Å². The molecule has 0 unspecified atom stereocenters. The predicted molar refractivity (Wildman–Crippen MR) is 64.6 cm³/mol. The molecule has 5 heteroatoms. The second-order valence-corrected chi connectivity index (χ2v) is 4.38. The number of nitrogens with one attached hydrogen (secondary N) is 2. The van der Waals surface area contributed by atoms with Crippen molar-refractivity contribution in [1.29, 1.82) is 0 Å². The number of hydrogen-bond acceptors (Lipinski definition) is 3. The Bertz CT molecular complexity index is 366. The lowest BCUT2D eigenvalue weighted by Gasteiger charge is -2.14.